The van der Waals surface area contributed by atoms with Crippen molar-refractivity contribution in [2.24, 2.45) is 0 Å². The van der Waals surface area contributed by atoms with Crippen molar-refractivity contribution in [3.63, 3.8) is 0 Å². The summed E-state index contributed by atoms with van der Waals surface area (Å²) in [7, 11) is 1.59. The minimum atomic E-state index is -0.763. The number of ether oxygens (including phenoxy) is 1. The fourth-order valence-corrected chi connectivity index (χ4v) is 3.48. The summed E-state index contributed by atoms with van der Waals surface area (Å²) in [6.45, 7) is 0.531. The number of aliphatic carboxylic acids is 1. The smallest absolute Gasteiger partial charge is 0.303 e. The molecule has 0 bridgehead atoms. The third-order valence-corrected chi connectivity index (χ3v) is 5.11. The Bertz CT molecular complexity index is 824. The lowest BCUT2D eigenvalue weighted by Crippen LogP contribution is -2.32. The summed E-state index contributed by atoms with van der Waals surface area (Å²) in [5, 5.41) is 9.48. The molecule has 0 aliphatic heterocycles. The van der Waals surface area contributed by atoms with Crippen molar-refractivity contribution in [2.45, 2.75) is 38.5 Å². The average Bonchev–Trinajstić information content (AvgIpc) is 2.69. The van der Waals surface area contributed by atoms with Gasteiger partial charge in [0.2, 0.25) is 0 Å². The molecule has 2 aromatic rings. The SMILES string of the molecule is COc1ccc(N(CCCCCCCC(=O)O)C(=O)c2ccc(Cl)cc2Cl)cc1. The Morgan fingerprint density at radius 2 is 1.62 bits per heavy atom. The van der Waals surface area contributed by atoms with Crippen LogP contribution >= 0.6 is 23.2 Å². The standard InChI is InChI=1S/C22H25Cl2NO4/c1-29-18-11-9-17(10-12-18)25(14-6-4-2-3-5-7-21(26)27)22(28)19-13-8-16(23)15-20(19)24/h8-13,15H,2-7,14H2,1H3,(H,26,27). The van der Waals surface area contributed by atoms with Crippen LogP contribution < -0.4 is 9.64 Å². The highest BCUT2D eigenvalue weighted by Crippen LogP contribution is 2.26. The molecule has 0 heterocycles. The molecule has 7 heteroatoms. The number of rotatable bonds is 11. The summed E-state index contributed by atoms with van der Waals surface area (Å²) < 4.78 is 5.20. The van der Waals surface area contributed by atoms with Gasteiger partial charge in [0.05, 0.1) is 17.7 Å². The van der Waals surface area contributed by atoms with E-state index in [-0.39, 0.29) is 12.3 Å². The third kappa shape index (κ3) is 7.26. The number of carbonyl (C=O) groups excluding carboxylic acids is 1. The van der Waals surface area contributed by atoms with Crippen molar-refractivity contribution in [3.05, 3.63) is 58.1 Å². The highest BCUT2D eigenvalue weighted by Gasteiger charge is 2.20. The number of nitrogens with zero attached hydrogens (tertiary/aromatic N) is 1. The number of methoxy groups -OCH3 is 1. The predicted octanol–water partition coefficient (Wildman–Crippen LogP) is 6.07. The summed E-state index contributed by atoms with van der Waals surface area (Å²) in [4.78, 5) is 25.4. The maximum atomic E-state index is 13.2. The van der Waals surface area contributed by atoms with Crippen molar-refractivity contribution in [2.75, 3.05) is 18.6 Å². The van der Waals surface area contributed by atoms with Gasteiger partial charge in [-0.05, 0) is 55.3 Å². The van der Waals surface area contributed by atoms with Crippen molar-refractivity contribution >= 4 is 40.8 Å². The molecule has 0 saturated carbocycles. The van der Waals surface area contributed by atoms with Gasteiger partial charge in [0.15, 0.2) is 0 Å². The van der Waals surface area contributed by atoms with Crippen LogP contribution in [-0.2, 0) is 4.79 Å². The zero-order valence-electron chi connectivity index (χ0n) is 16.4. The molecule has 0 fully saturated rings. The second-order valence-electron chi connectivity index (χ2n) is 6.69. The zero-order chi connectivity index (χ0) is 21.2. The van der Waals surface area contributed by atoms with E-state index in [1.165, 1.54) is 0 Å². The lowest BCUT2D eigenvalue weighted by molar-refractivity contribution is -0.137. The van der Waals surface area contributed by atoms with E-state index >= 15 is 0 Å². The number of unbranched alkanes of at least 4 members (excludes halogenated alkanes) is 4. The molecule has 5 nitrogen and oxygen atoms in total. The molecule has 0 unspecified atom stereocenters. The van der Waals surface area contributed by atoms with Gasteiger partial charge in [0, 0.05) is 23.7 Å². The van der Waals surface area contributed by atoms with Crippen LogP contribution in [0.5, 0.6) is 5.75 Å². The largest absolute Gasteiger partial charge is 0.497 e. The first-order valence-corrected chi connectivity index (χ1v) is 10.3. The van der Waals surface area contributed by atoms with Gasteiger partial charge < -0.3 is 14.7 Å². The summed E-state index contributed by atoms with van der Waals surface area (Å²) in [5.74, 6) is -0.243. The van der Waals surface area contributed by atoms with Crippen molar-refractivity contribution < 1.29 is 19.4 Å². The van der Waals surface area contributed by atoms with E-state index in [4.69, 9.17) is 33.0 Å². The molecule has 156 valence electrons. The first-order valence-electron chi connectivity index (χ1n) is 9.55. The van der Waals surface area contributed by atoms with Crippen LogP contribution in [0.15, 0.2) is 42.5 Å². The maximum Gasteiger partial charge on any atom is 0.303 e. The van der Waals surface area contributed by atoms with Gasteiger partial charge in [-0.2, -0.15) is 0 Å². The molecule has 1 N–H and O–H groups in total. The van der Waals surface area contributed by atoms with E-state index in [0.29, 0.717) is 34.3 Å². The second-order valence-corrected chi connectivity index (χ2v) is 7.53. The number of anilines is 1. The highest BCUT2D eigenvalue weighted by atomic mass is 35.5. The Kier molecular flexibility index (Phi) is 9.29. The number of carboxylic acid groups (broad SMARTS) is 1. The Labute approximate surface area is 181 Å². The quantitative estimate of drug-likeness (QED) is 0.432. The molecule has 2 aromatic carbocycles. The van der Waals surface area contributed by atoms with Crippen LogP contribution in [0.4, 0.5) is 5.69 Å². The summed E-state index contributed by atoms with van der Waals surface area (Å²) in [5.41, 5.74) is 1.15. The number of carboxylic acids is 1. The van der Waals surface area contributed by atoms with Crippen LogP contribution in [0, 0.1) is 0 Å². The molecule has 0 aromatic heterocycles. The summed E-state index contributed by atoms with van der Waals surface area (Å²) in [6, 6.07) is 12.1. The number of hydrogen-bond donors (Lipinski definition) is 1. The summed E-state index contributed by atoms with van der Waals surface area (Å²) >= 11 is 12.2. The van der Waals surface area contributed by atoms with Gasteiger partial charge in [-0.25, -0.2) is 0 Å². The number of halogens is 2. The number of hydrogen-bond acceptors (Lipinski definition) is 3. The lowest BCUT2D eigenvalue weighted by atomic mass is 10.1. The van der Waals surface area contributed by atoms with Crippen molar-refractivity contribution in [1.29, 1.82) is 0 Å². The number of carbonyl (C=O) groups is 2. The monoisotopic (exact) mass is 437 g/mol. The Morgan fingerprint density at radius 1 is 0.966 bits per heavy atom. The van der Waals surface area contributed by atoms with Gasteiger partial charge in [-0.15, -0.1) is 0 Å². The van der Waals surface area contributed by atoms with Gasteiger partial charge >= 0.3 is 5.97 Å². The molecule has 0 aliphatic carbocycles. The fourth-order valence-electron chi connectivity index (χ4n) is 2.99. The van der Waals surface area contributed by atoms with E-state index in [1.54, 1.807) is 30.2 Å². The first kappa shape index (κ1) is 23.0. The zero-order valence-corrected chi connectivity index (χ0v) is 17.9. The van der Waals surface area contributed by atoms with Crippen molar-refractivity contribution in [3.8, 4) is 5.75 Å². The van der Waals surface area contributed by atoms with E-state index in [2.05, 4.69) is 0 Å². The van der Waals surface area contributed by atoms with Gasteiger partial charge in [-0.3, -0.25) is 9.59 Å². The Morgan fingerprint density at radius 3 is 2.24 bits per heavy atom. The molecule has 0 spiro atoms. The molecule has 1 amide bonds. The predicted molar refractivity (Wildman–Crippen MR) is 116 cm³/mol. The first-order chi connectivity index (χ1) is 13.9. The molecule has 0 aliphatic rings. The normalized spacial score (nSPS) is 10.6. The van der Waals surface area contributed by atoms with E-state index < -0.39 is 5.97 Å². The second kappa shape index (κ2) is 11.7. The topological polar surface area (TPSA) is 66.8 Å². The van der Waals surface area contributed by atoms with E-state index in [9.17, 15) is 9.59 Å². The molecular weight excluding hydrogens is 413 g/mol. The van der Waals surface area contributed by atoms with Crippen LogP contribution in [0.2, 0.25) is 10.0 Å². The molecular formula is C22H25Cl2NO4. The molecule has 0 saturated heterocycles. The highest BCUT2D eigenvalue weighted by molar-refractivity contribution is 6.37. The maximum absolute atomic E-state index is 13.2. The van der Waals surface area contributed by atoms with Crippen LogP contribution in [0.25, 0.3) is 0 Å². The minimum absolute atomic E-state index is 0.192. The average molecular weight is 438 g/mol. The van der Waals surface area contributed by atoms with Gasteiger partial charge in [0.25, 0.3) is 5.91 Å². The lowest BCUT2D eigenvalue weighted by Gasteiger charge is -2.24. The van der Waals surface area contributed by atoms with Crippen LogP contribution in [0.1, 0.15) is 48.9 Å². The van der Waals surface area contributed by atoms with Crippen LogP contribution in [-0.4, -0.2) is 30.6 Å². The number of benzene rings is 2. The Balaban J connectivity index is 2.07. The molecule has 29 heavy (non-hydrogen) atoms. The minimum Gasteiger partial charge on any atom is -0.497 e. The van der Waals surface area contributed by atoms with Crippen molar-refractivity contribution in [1.82, 2.24) is 0 Å². The summed E-state index contributed by atoms with van der Waals surface area (Å²) in [6.07, 6.45) is 4.39. The van der Waals surface area contributed by atoms with Gasteiger partial charge in [0.1, 0.15) is 5.75 Å². The van der Waals surface area contributed by atoms with E-state index in [1.807, 2.05) is 24.3 Å². The fraction of sp³-hybridized carbons (Fsp3) is 0.364. The molecule has 2 rings (SSSR count). The molecule has 0 atom stereocenters. The third-order valence-electron chi connectivity index (χ3n) is 4.56. The Hall–Kier alpha value is -2.24. The van der Waals surface area contributed by atoms with Gasteiger partial charge in [-0.1, -0.05) is 42.5 Å². The number of amides is 1. The van der Waals surface area contributed by atoms with E-state index in [0.717, 1.165) is 31.4 Å². The molecule has 0 radical (unpaired) electrons. The van der Waals surface area contributed by atoms with Crippen LogP contribution in [0.3, 0.4) is 0 Å².